The van der Waals surface area contributed by atoms with Crippen LogP contribution in [-0.2, 0) is 9.59 Å². The number of carbonyl (C=O) groups is 3. The van der Waals surface area contributed by atoms with Gasteiger partial charge in [0.1, 0.15) is 5.57 Å². The van der Waals surface area contributed by atoms with Gasteiger partial charge >= 0.3 is 6.03 Å². The Morgan fingerprint density at radius 1 is 0.969 bits per heavy atom. The van der Waals surface area contributed by atoms with Gasteiger partial charge in [0.05, 0.1) is 11.2 Å². The second-order valence-corrected chi connectivity index (χ2v) is 8.99. The number of hydrogen-bond donors (Lipinski definition) is 1. The Balaban J connectivity index is 1.76. The van der Waals surface area contributed by atoms with E-state index in [-0.39, 0.29) is 11.1 Å². The normalized spacial score (nSPS) is 19.1. The van der Waals surface area contributed by atoms with Crippen LogP contribution in [0.2, 0.25) is 0 Å². The molecule has 1 fully saturated rings. The van der Waals surface area contributed by atoms with Gasteiger partial charge in [0.2, 0.25) is 0 Å². The first-order chi connectivity index (χ1) is 15.0. The zero-order valence-electron chi connectivity index (χ0n) is 19.2. The lowest BCUT2D eigenvalue weighted by Gasteiger charge is -2.40. The average Bonchev–Trinajstić information content (AvgIpc) is 2.72. The van der Waals surface area contributed by atoms with Crippen LogP contribution in [0.1, 0.15) is 43.0 Å². The topological polar surface area (TPSA) is 69.7 Å². The molecule has 0 radical (unpaired) electrons. The fraction of sp³-hybridized carbons (Fsp3) is 0.269. The number of hydrogen-bond acceptors (Lipinski definition) is 4. The Morgan fingerprint density at radius 3 is 2.41 bits per heavy atom. The number of urea groups is 1. The highest BCUT2D eigenvalue weighted by Crippen LogP contribution is 2.38. The number of benzene rings is 2. The van der Waals surface area contributed by atoms with Crippen LogP contribution >= 0.6 is 0 Å². The van der Waals surface area contributed by atoms with E-state index >= 15 is 0 Å². The summed E-state index contributed by atoms with van der Waals surface area (Å²) in [6, 6.07) is 10.5. The molecule has 32 heavy (non-hydrogen) atoms. The van der Waals surface area contributed by atoms with Crippen molar-refractivity contribution in [3.63, 3.8) is 0 Å². The second kappa shape index (κ2) is 7.48. The predicted molar refractivity (Wildman–Crippen MR) is 127 cm³/mol. The Hall–Kier alpha value is -3.67. The van der Waals surface area contributed by atoms with Gasteiger partial charge in [-0.1, -0.05) is 24.3 Å². The van der Waals surface area contributed by atoms with Crippen LogP contribution in [0.4, 0.5) is 16.2 Å². The standard InChI is InChI=1S/C26H27N3O3/c1-15-8-7-9-21(17(15)3)29-24(31)20(23(30)27-25(29)32)13-18-10-11-22-19(12-18)16(2)14-26(4,5)28(22)6/h7-14H,1-6H3,(H,27,30,32)/b20-13+. The number of carbonyl (C=O) groups excluding carboxylic acids is 3. The van der Waals surface area contributed by atoms with Gasteiger partial charge in [-0.25, -0.2) is 9.69 Å². The van der Waals surface area contributed by atoms with Crippen molar-refractivity contribution < 1.29 is 14.4 Å². The van der Waals surface area contributed by atoms with E-state index in [4.69, 9.17) is 0 Å². The number of aryl methyl sites for hydroxylation is 1. The van der Waals surface area contributed by atoms with E-state index in [1.165, 1.54) is 0 Å². The SMILES string of the molecule is CC1=CC(C)(C)N(C)c2ccc(/C=C3\C(=O)NC(=O)N(c4cccc(C)c4C)C3=O)cc21. The number of rotatable bonds is 2. The van der Waals surface area contributed by atoms with E-state index in [0.717, 1.165) is 38.4 Å². The van der Waals surface area contributed by atoms with Gasteiger partial charge in [0.15, 0.2) is 0 Å². The first-order valence-corrected chi connectivity index (χ1v) is 10.6. The minimum atomic E-state index is -0.737. The maximum atomic E-state index is 13.3. The van der Waals surface area contributed by atoms with Crippen LogP contribution in [0.3, 0.4) is 0 Å². The maximum Gasteiger partial charge on any atom is 0.335 e. The molecular weight excluding hydrogens is 402 g/mol. The lowest BCUT2D eigenvalue weighted by molar-refractivity contribution is -0.122. The molecule has 0 aromatic heterocycles. The zero-order valence-corrected chi connectivity index (χ0v) is 19.2. The highest BCUT2D eigenvalue weighted by Gasteiger charge is 2.37. The quantitative estimate of drug-likeness (QED) is 0.559. The van der Waals surface area contributed by atoms with Crippen LogP contribution in [0.15, 0.2) is 48.0 Å². The zero-order chi connectivity index (χ0) is 23.4. The van der Waals surface area contributed by atoms with Crippen molar-refractivity contribution >= 4 is 40.9 Å². The van der Waals surface area contributed by atoms with Crippen LogP contribution in [0, 0.1) is 13.8 Å². The number of nitrogens with zero attached hydrogens (tertiary/aromatic N) is 2. The second-order valence-electron chi connectivity index (χ2n) is 8.99. The van der Waals surface area contributed by atoms with E-state index in [9.17, 15) is 14.4 Å². The minimum absolute atomic E-state index is 0.0726. The van der Waals surface area contributed by atoms with Gasteiger partial charge in [0, 0.05) is 18.3 Å². The summed E-state index contributed by atoms with van der Waals surface area (Å²) in [6.45, 7) is 10.1. The van der Waals surface area contributed by atoms with Gasteiger partial charge in [-0.05, 0) is 81.2 Å². The lowest BCUT2D eigenvalue weighted by Crippen LogP contribution is -2.54. The third kappa shape index (κ3) is 3.42. The molecule has 0 unspecified atom stereocenters. The molecule has 2 aromatic rings. The smallest absolute Gasteiger partial charge is 0.335 e. The molecule has 0 atom stereocenters. The summed E-state index contributed by atoms with van der Waals surface area (Å²) in [7, 11) is 2.05. The Morgan fingerprint density at radius 2 is 1.69 bits per heavy atom. The Labute approximate surface area is 188 Å². The van der Waals surface area contributed by atoms with Crippen molar-refractivity contribution in [2.75, 3.05) is 16.8 Å². The molecular formula is C26H27N3O3. The highest BCUT2D eigenvalue weighted by atomic mass is 16.2. The monoisotopic (exact) mass is 429 g/mol. The fourth-order valence-corrected chi connectivity index (χ4v) is 4.29. The number of imide groups is 2. The largest absolute Gasteiger partial charge is 0.366 e. The van der Waals surface area contributed by atoms with Crippen LogP contribution in [0.25, 0.3) is 11.6 Å². The summed E-state index contributed by atoms with van der Waals surface area (Å²) in [4.78, 5) is 41.6. The number of anilines is 2. The van der Waals surface area contributed by atoms with E-state index in [1.54, 1.807) is 18.2 Å². The molecule has 2 aromatic carbocycles. The average molecular weight is 430 g/mol. The van der Waals surface area contributed by atoms with E-state index < -0.39 is 17.8 Å². The third-order valence-corrected chi connectivity index (χ3v) is 6.47. The maximum absolute atomic E-state index is 13.3. The third-order valence-electron chi connectivity index (χ3n) is 6.47. The summed E-state index contributed by atoms with van der Waals surface area (Å²) in [5.41, 5.74) is 6.04. The highest BCUT2D eigenvalue weighted by molar-refractivity contribution is 6.39. The summed E-state index contributed by atoms with van der Waals surface area (Å²) in [5, 5.41) is 2.30. The van der Waals surface area contributed by atoms with Crippen molar-refractivity contribution in [1.82, 2.24) is 5.32 Å². The number of fused-ring (bicyclic) bond motifs is 1. The molecule has 4 amide bonds. The van der Waals surface area contributed by atoms with Crippen LogP contribution < -0.4 is 15.1 Å². The number of barbiturate groups is 1. The molecule has 1 N–H and O–H groups in total. The molecule has 0 bridgehead atoms. The van der Waals surface area contributed by atoms with E-state index in [1.807, 2.05) is 45.2 Å². The van der Waals surface area contributed by atoms with Crippen LogP contribution in [0.5, 0.6) is 0 Å². The molecule has 2 heterocycles. The molecule has 6 heteroatoms. The number of allylic oxidation sites excluding steroid dienone is 1. The summed E-state index contributed by atoms with van der Waals surface area (Å²) >= 11 is 0. The molecule has 2 aliphatic heterocycles. The van der Waals surface area contributed by atoms with Crippen molar-refractivity contribution in [3.05, 3.63) is 70.3 Å². The van der Waals surface area contributed by atoms with Crippen LogP contribution in [-0.4, -0.2) is 30.4 Å². The number of amides is 4. The Kier molecular flexibility index (Phi) is 5.04. The number of nitrogens with one attached hydrogen (secondary N) is 1. The molecule has 4 rings (SSSR count). The van der Waals surface area contributed by atoms with Gasteiger partial charge < -0.3 is 4.90 Å². The molecule has 0 saturated carbocycles. The molecule has 1 saturated heterocycles. The molecule has 0 spiro atoms. The number of likely N-dealkylation sites (N-methyl/N-ethyl adjacent to an activating group) is 1. The van der Waals surface area contributed by atoms with E-state index in [0.29, 0.717) is 5.69 Å². The molecule has 164 valence electrons. The minimum Gasteiger partial charge on any atom is -0.366 e. The van der Waals surface area contributed by atoms with Gasteiger partial charge in [-0.2, -0.15) is 0 Å². The molecule has 6 nitrogen and oxygen atoms in total. The first kappa shape index (κ1) is 21.6. The van der Waals surface area contributed by atoms with Gasteiger partial charge in [-0.15, -0.1) is 0 Å². The van der Waals surface area contributed by atoms with Crippen molar-refractivity contribution in [2.45, 2.75) is 40.2 Å². The first-order valence-electron chi connectivity index (χ1n) is 10.6. The van der Waals surface area contributed by atoms with Crippen molar-refractivity contribution in [3.8, 4) is 0 Å². The summed E-state index contributed by atoms with van der Waals surface area (Å²) < 4.78 is 0. The summed E-state index contributed by atoms with van der Waals surface area (Å²) in [6.07, 6.45) is 3.75. The van der Waals surface area contributed by atoms with Crippen molar-refractivity contribution in [2.24, 2.45) is 0 Å². The fourth-order valence-electron chi connectivity index (χ4n) is 4.29. The summed E-state index contributed by atoms with van der Waals surface area (Å²) in [5.74, 6) is -1.32. The Bertz CT molecular complexity index is 1240. The predicted octanol–water partition coefficient (Wildman–Crippen LogP) is 4.60. The lowest BCUT2D eigenvalue weighted by atomic mass is 9.88. The van der Waals surface area contributed by atoms with E-state index in [2.05, 4.69) is 37.1 Å². The molecule has 0 aliphatic carbocycles. The van der Waals surface area contributed by atoms with Crippen molar-refractivity contribution in [1.29, 1.82) is 0 Å². The molecule has 2 aliphatic rings. The van der Waals surface area contributed by atoms with Gasteiger partial charge in [-0.3, -0.25) is 14.9 Å². The van der Waals surface area contributed by atoms with Gasteiger partial charge in [0.25, 0.3) is 11.8 Å².